The first-order valence-electron chi connectivity index (χ1n) is 10.1. The molecule has 2 saturated heterocycles. The molecule has 2 aliphatic carbocycles. The molecule has 2 amide bonds. The number of nitrogens with zero attached hydrogens (tertiary/aromatic N) is 1. The number of rotatable bonds is 3. The molecule has 5 heteroatoms. The Labute approximate surface area is 145 Å². The molecule has 5 nitrogen and oxygen atoms in total. The number of hydrogen-bond donors (Lipinski definition) is 1. The zero-order valence-electron chi connectivity index (χ0n) is 14.8. The summed E-state index contributed by atoms with van der Waals surface area (Å²) >= 11 is 0. The van der Waals surface area contributed by atoms with Gasteiger partial charge >= 0.3 is 6.03 Å². The van der Waals surface area contributed by atoms with Gasteiger partial charge in [0, 0.05) is 19.6 Å². The van der Waals surface area contributed by atoms with E-state index in [1.165, 1.54) is 57.8 Å². The summed E-state index contributed by atoms with van der Waals surface area (Å²) in [5.74, 6) is 0.671. The summed E-state index contributed by atoms with van der Waals surface area (Å²) in [5, 5.41) is 3.12. The highest BCUT2D eigenvalue weighted by Crippen LogP contribution is 2.41. The summed E-state index contributed by atoms with van der Waals surface area (Å²) in [4.78, 5) is 14.4. The standard InChI is InChI=1S/C19H32N2O3/c22-18(21-11-12-23-17(14-21)15-5-4-6-15)20-13-16-7-10-19(24-16)8-2-1-3-9-19/h15-17H,1-14H2,(H,20,22). The van der Waals surface area contributed by atoms with Gasteiger partial charge in [0.15, 0.2) is 0 Å². The number of amides is 2. The molecule has 4 fully saturated rings. The molecule has 2 unspecified atom stereocenters. The van der Waals surface area contributed by atoms with Crippen molar-refractivity contribution in [2.75, 3.05) is 26.2 Å². The lowest BCUT2D eigenvalue weighted by Crippen LogP contribution is -2.53. The first kappa shape index (κ1) is 16.6. The Balaban J connectivity index is 1.22. The van der Waals surface area contributed by atoms with Crippen LogP contribution in [0, 0.1) is 5.92 Å². The molecule has 0 aromatic rings. The normalized spacial score (nSPS) is 33.4. The van der Waals surface area contributed by atoms with E-state index < -0.39 is 0 Å². The second-order valence-corrected chi connectivity index (χ2v) is 8.25. The first-order chi connectivity index (χ1) is 11.7. The van der Waals surface area contributed by atoms with Gasteiger partial charge in [-0.1, -0.05) is 25.7 Å². The Morgan fingerprint density at radius 2 is 1.92 bits per heavy atom. The second-order valence-electron chi connectivity index (χ2n) is 8.25. The van der Waals surface area contributed by atoms with E-state index in [0.29, 0.717) is 25.6 Å². The molecule has 136 valence electrons. The molecule has 24 heavy (non-hydrogen) atoms. The lowest BCUT2D eigenvalue weighted by molar-refractivity contribution is -0.0669. The van der Waals surface area contributed by atoms with Crippen LogP contribution >= 0.6 is 0 Å². The molecule has 0 aromatic heterocycles. The van der Waals surface area contributed by atoms with E-state index in [4.69, 9.17) is 9.47 Å². The van der Waals surface area contributed by atoms with E-state index in [1.807, 2.05) is 4.90 Å². The highest BCUT2D eigenvalue weighted by atomic mass is 16.5. The van der Waals surface area contributed by atoms with Gasteiger partial charge in [0.1, 0.15) is 0 Å². The van der Waals surface area contributed by atoms with Gasteiger partial charge in [-0.3, -0.25) is 0 Å². The summed E-state index contributed by atoms with van der Waals surface area (Å²) < 4.78 is 12.2. The number of urea groups is 1. The van der Waals surface area contributed by atoms with Gasteiger partial charge in [0.2, 0.25) is 0 Å². The monoisotopic (exact) mass is 336 g/mol. The topological polar surface area (TPSA) is 50.8 Å². The van der Waals surface area contributed by atoms with Crippen molar-refractivity contribution in [3.63, 3.8) is 0 Å². The quantitative estimate of drug-likeness (QED) is 0.862. The minimum absolute atomic E-state index is 0.0656. The van der Waals surface area contributed by atoms with E-state index in [-0.39, 0.29) is 23.8 Å². The molecule has 0 radical (unpaired) electrons. The Bertz CT molecular complexity index is 446. The SMILES string of the molecule is O=C(NCC1CCC2(CCCCC2)O1)N1CCOC(C2CCC2)C1. The Morgan fingerprint density at radius 3 is 2.67 bits per heavy atom. The summed E-state index contributed by atoms with van der Waals surface area (Å²) in [7, 11) is 0. The zero-order valence-corrected chi connectivity index (χ0v) is 14.8. The van der Waals surface area contributed by atoms with Crippen molar-refractivity contribution in [2.24, 2.45) is 5.92 Å². The van der Waals surface area contributed by atoms with Gasteiger partial charge in [0.05, 0.1) is 24.4 Å². The predicted octanol–water partition coefficient (Wildman–Crippen LogP) is 3.08. The molecular formula is C19H32N2O3. The minimum Gasteiger partial charge on any atom is -0.374 e. The van der Waals surface area contributed by atoms with Crippen LogP contribution < -0.4 is 5.32 Å². The number of ether oxygens (including phenoxy) is 2. The minimum atomic E-state index is 0.0656. The first-order valence-corrected chi connectivity index (χ1v) is 10.1. The van der Waals surface area contributed by atoms with Crippen molar-refractivity contribution in [2.45, 2.75) is 82.0 Å². The molecule has 2 aliphatic heterocycles. The maximum absolute atomic E-state index is 12.5. The van der Waals surface area contributed by atoms with E-state index in [0.717, 1.165) is 13.0 Å². The van der Waals surface area contributed by atoms with Gasteiger partial charge in [0.25, 0.3) is 0 Å². The van der Waals surface area contributed by atoms with Gasteiger partial charge in [-0.15, -0.1) is 0 Å². The van der Waals surface area contributed by atoms with Crippen molar-refractivity contribution in [1.82, 2.24) is 10.2 Å². The number of morpholine rings is 1. The van der Waals surface area contributed by atoms with Crippen molar-refractivity contribution >= 4 is 6.03 Å². The van der Waals surface area contributed by atoms with Crippen LogP contribution in [0.3, 0.4) is 0 Å². The Hall–Kier alpha value is -0.810. The Morgan fingerprint density at radius 1 is 1.08 bits per heavy atom. The molecule has 1 spiro atoms. The molecule has 0 aromatic carbocycles. The molecule has 4 aliphatic rings. The van der Waals surface area contributed by atoms with Crippen LogP contribution in [0.5, 0.6) is 0 Å². The summed E-state index contributed by atoms with van der Waals surface area (Å²) in [6, 6.07) is 0.0656. The highest BCUT2D eigenvalue weighted by Gasteiger charge is 2.41. The van der Waals surface area contributed by atoms with E-state index in [1.54, 1.807) is 0 Å². The molecule has 4 rings (SSSR count). The average Bonchev–Trinajstić information content (AvgIpc) is 2.94. The van der Waals surface area contributed by atoms with Crippen LogP contribution in [-0.4, -0.2) is 55.0 Å². The third-order valence-corrected chi connectivity index (χ3v) is 6.64. The van der Waals surface area contributed by atoms with Crippen LogP contribution in [0.4, 0.5) is 4.79 Å². The highest BCUT2D eigenvalue weighted by molar-refractivity contribution is 5.74. The fraction of sp³-hybridized carbons (Fsp3) is 0.947. The molecule has 1 N–H and O–H groups in total. The summed E-state index contributed by atoms with van der Waals surface area (Å²) in [5.41, 5.74) is 0.141. The maximum atomic E-state index is 12.5. The van der Waals surface area contributed by atoms with Crippen LogP contribution in [0.25, 0.3) is 0 Å². The Kier molecular flexibility index (Phi) is 5.00. The fourth-order valence-corrected chi connectivity index (χ4v) is 4.87. The molecule has 2 heterocycles. The summed E-state index contributed by atoms with van der Waals surface area (Å²) in [6.07, 6.45) is 12.9. The number of hydrogen-bond acceptors (Lipinski definition) is 3. The van der Waals surface area contributed by atoms with Crippen molar-refractivity contribution < 1.29 is 14.3 Å². The summed E-state index contributed by atoms with van der Waals surface area (Å²) in [6.45, 7) is 2.81. The van der Waals surface area contributed by atoms with Crippen molar-refractivity contribution in [3.05, 3.63) is 0 Å². The smallest absolute Gasteiger partial charge is 0.317 e. The van der Waals surface area contributed by atoms with E-state index in [9.17, 15) is 4.79 Å². The van der Waals surface area contributed by atoms with Gasteiger partial charge < -0.3 is 19.7 Å². The zero-order chi connectivity index (χ0) is 16.4. The number of carbonyl (C=O) groups is 1. The lowest BCUT2D eigenvalue weighted by Gasteiger charge is -2.40. The van der Waals surface area contributed by atoms with Gasteiger partial charge in [-0.2, -0.15) is 0 Å². The largest absolute Gasteiger partial charge is 0.374 e. The van der Waals surface area contributed by atoms with Gasteiger partial charge in [-0.05, 0) is 44.4 Å². The second kappa shape index (κ2) is 7.20. The van der Waals surface area contributed by atoms with Crippen molar-refractivity contribution in [3.8, 4) is 0 Å². The molecular weight excluding hydrogens is 304 g/mol. The molecule has 0 bridgehead atoms. The molecule has 2 saturated carbocycles. The predicted molar refractivity (Wildman–Crippen MR) is 92.0 cm³/mol. The van der Waals surface area contributed by atoms with Crippen molar-refractivity contribution in [1.29, 1.82) is 0 Å². The van der Waals surface area contributed by atoms with E-state index in [2.05, 4.69) is 5.32 Å². The van der Waals surface area contributed by atoms with Gasteiger partial charge in [-0.25, -0.2) is 4.79 Å². The number of carbonyl (C=O) groups excluding carboxylic acids is 1. The van der Waals surface area contributed by atoms with Crippen LogP contribution in [0.2, 0.25) is 0 Å². The third kappa shape index (κ3) is 3.57. The average molecular weight is 336 g/mol. The lowest BCUT2D eigenvalue weighted by atomic mass is 9.80. The maximum Gasteiger partial charge on any atom is 0.317 e. The fourth-order valence-electron chi connectivity index (χ4n) is 4.87. The molecule has 2 atom stereocenters. The van der Waals surface area contributed by atoms with Crippen LogP contribution in [-0.2, 0) is 9.47 Å². The van der Waals surface area contributed by atoms with Crippen LogP contribution in [0.15, 0.2) is 0 Å². The number of nitrogens with one attached hydrogen (secondary N) is 1. The third-order valence-electron chi connectivity index (χ3n) is 6.64. The van der Waals surface area contributed by atoms with Crippen LogP contribution in [0.1, 0.15) is 64.2 Å². The van der Waals surface area contributed by atoms with E-state index >= 15 is 0 Å².